The smallest absolute Gasteiger partial charge is 0.196 e. The van der Waals surface area contributed by atoms with Gasteiger partial charge in [0.05, 0.1) is 6.61 Å². The molecule has 0 heterocycles. The third kappa shape index (κ3) is 7.10. The third-order valence-corrected chi connectivity index (χ3v) is 6.59. The fourth-order valence-corrected chi connectivity index (χ4v) is 4.76. The van der Waals surface area contributed by atoms with Crippen LogP contribution in [-0.2, 0) is 10.2 Å². The molecule has 0 aliphatic heterocycles. The first-order valence-electron chi connectivity index (χ1n) is 11.5. The van der Waals surface area contributed by atoms with E-state index in [2.05, 4.69) is 65.8 Å². The SMILES string of the molecule is CC(OCCC1CCCCC1)Oc1ccc(C(C)(CC(C)(C)C)C(C)C)cc1. The lowest BCUT2D eigenvalue weighted by Crippen LogP contribution is -2.33. The van der Waals surface area contributed by atoms with Gasteiger partial charge in [0.2, 0.25) is 0 Å². The Hall–Kier alpha value is -1.02. The van der Waals surface area contributed by atoms with Gasteiger partial charge in [-0.1, -0.05) is 85.8 Å². The zero-order valence-electron chi connectivity index (χ0n) is 19.5. The summed E-state index contributed by atoms with van der Waals surface area (Å²) in [5.41, 5.74) is 1.86. The van der Waals surface area contributed by atoms with Gasteiger partial charge in [0.25, 0.3) is 0 Å². The van der Waals surface area contributed by atoms with Crippen molar-refractivity contribution < 1.29 is 9.47 Å². The number of hydrogen-bond donors (Lipinski definition) is 0. The van der Waals surface area contributed by atoms with Crippen molar-refractivity contribution in [1.82, 2.24) is 0 Å². The van der Waals surface area contributed by atoms with Crippen molar-refractivity contribution in [2.45, 2.75) is 105 Å². The zero-order valence-corrected chi connectivity index (χ0v) is 19.5. The summed E-state index contributed by atoms with van der Waals surface area (Å²) >= 11 is 0. The maximum atomic E-state index is 6.01. The molecule has 1 saturated carbocycles. The number of rotatable bonds is 9. The molecule has 0 N–H and O–H groups in total. The lowest BCUT2D eigenvalue weighted by Gasteiger charge is -2.40. The number of benzene rings is 1. The Kier molecular flexibility index (Phi) is 8.43. The van der Waals surface area contributed by atoms with Gasteiger partial charge in [0, 0.05) is 0 Å². The molecule has 28 heavy (non-hydrogen) atoms. The molecular formula is C26H44O2. The molecule has 0 aromatic heterocycles. The predicted molar refractivity (Wildman–Crippen MR) is 120 cm³/mol. The minimum absolute atomic E-state index is 0.166. The van der Waals surface area contributed by atoms with Crippen molar-refractivity contribution in [3.8, 4) is 5.75 Å². The Balaban J connectivity index is 1.88. The van der Waals surface area contributed by atoms with Gasteiger partial charge in [-0.25, -0.2) is 0 Å². The Morgan fingerprint density at radius 2 is 1.54 bits per heavy atom. The van der Waals surface area contributed by atoms with Gasteiger partial charge in [-0.05, 0) is 60.1 Å². The average Bonchev–Trinajstić information content (AvgIpc) is 2.61. The van der Waals surface area contributed by atoms with Crippen molar-refractivity contribution in [3.05, 3.63) is 29.8 Å². The van der Waals surface area contributed by atoms with Crippen LogP contribution in [0.1, 0.15) is 99.0 Å². The van der Waals surface area contributed by atoms with Crippen LogP contribution in [0, 0.1) is 17.3 Å². The van der Waals surface area contributed by atoms with Gasteiger partial charge in [-0.15, -0.1) is 0 Å². The van der Waals surface area contributed by atoms with E-state index in [9.17, 15) is 0 Å². The fraction of sp³-hybridized carbons (Fsp3) is 0.769. The highest BCUT2D eigenvalue weighted by molar-refractivity contribution is 5.32. The topological polar surface area (TPSA) is 18.5 Å². The minimum atomic E-state index is -0.194. The number of hydrogen-bond acceptors (Lipinski definition) is 2. The molecule has 0 bridgehead atoms. The molecule has 1 aromatic carbocycles. The maximum absolute atomic E-state index is 6.01. The van der Waals surface area contributed by atoms with Crippen LogP contribution in [0.2, 0.25) is 0 Å². The zero-order chi connectivity index (χ0) is 20.8. The van der Waals surface area contributed by atoms with Gasteiger partial charge >= 0.3 is 0 Å². The molecule has 160 valence electrons. The van der Waals surface area contributed by atoms with Crippen molar-refractivity contribution in [2.75, 3.05) is 6.61 Å². The molecular weight excluding hydrogens is 344 g/mol. The van der Waals surface area contributed by atoms with Crippen LogP contribution in [0.15, 0.2) is 24.3 Å². The highest BCUT2D eigenvalue weighted by Crippen LogP contribution is 2.42. The molecule has 2 heteroatoms. The molecule has 1 aromatic rings. The quantitative estimate of drug-likeness (QED) is 0.403. The monoisotopic (exact) mass is 388 g/mol. The summed E-state index contributed by atoms with van der Waals surface area (Å²) in [6.45, 7) is 16.9. The third-order valence-electron chi connectivity index (χ3n) is 6.59. The molecule has 2 nitrogen and oxygen atoms in total. The van der Waals surface area contributed by atoms with E-state index in [0.29, 0.717) is 11.3 Å². The van der Waals surface area contributed by atoms with Gasteiger partial charge in [-0.2, -0.15) is 0 Å². The van der Waals surface area contributed by atoms with Crippen LogP contribution < -0.4 is 4.74 Å². The molecule has 0 radical (unpaired) electrons. The summed E-state index contributed by atoms with van der Waals surface area (Å²) < 4.78 is 11.9. The summed E-state index contributed by atoms with van der Waals surface area (Å²) in [7, 11) is 0. The largest absolute Gasteiger partial charge is 0.465 e. The standard InChI is InChI=1S/C26H44O2/c1-20(2)26(7,19-25(4,5)6)23-13-15-24(16-14-23)28-21(3)27-18-17-22-11-9-8-10-12-22/h13-16,20-22H,8-12,17-19H2,1-7H3. The molecule has 2 unspecified atom stereocenters. The molecule has 1 aliphatic carbocycles. The summed E-state index contributed by atoms with van der Waals surface area (Å²) in [4.78, 5) is 0. The first-order chi connectivity index (χ1) is 13.1. The Morgan fingerprint density at radius 1 is 0.929 bits per heavy atom. The van der Waals surface area contributed by atoms with Crippen molar-refractivity contribution >= 4 is 0 Å². The molecule has 0 saturated heterocycles. The Labute approximate surface area is 174 Å². The summed E-state index contributed by atoms with van der Waals surface area (Å²) in [5, 5.41) is 0. The van der Waals surface area contributed by atoms with Gasteiger partial charge in [0.15, 0.2) is 6.29 Å². The van der Waals surface area contributed by atoms with Crippen molar-refractivity contribution in [2.24, 2.45) is 17.3 Å². The van der Waals surface area contributed by atoms with Crippen LogP contribution >= 0.6 is 0 Å². The van der Waals surface area contributed by atoms with E-state index in [0.717, 1.165) is 18.3 Å². The molecule has 0 spiro atoms. The lowest BCUT2D eigenvalue weighted by atomic mass is 9.65. The van der Waals surface area contributed by atoms with E-state index in [1.54, 1.807) is 0 Å². The fourth-order valence-electron chi connectivity index (χ4n) is 4.76. The normalized spacial score (nSPS) is 19.4. The van der Waals surface area contributed by atoms with Gasteiger partial charge in [0.1, 0.15) is 5.75 Å². The summed E-state index contributed by atoms with van der Waals surface area (Å²) in [5.74, 6) is 2.34. The van der Waals surface area contributed by atoms with Crippen LogP contribution in [0.5, 0.6) is 5.75 Å². The van der Waals surface area contributed by atoms with Gasteiger partial charge in [-0.3, -0.25) is 0 Å². The van der Waals surface area contributed by atoms with Crippen LogP contribution in [0.25, 0.3) is 0 Å². The molecule has 0 amide bonds. The molecule has 2 atom stereocenters. The van der Waals surface area contributed by atoms with E-state index in [4.69, 9.17) is 9.47 Å². The summed E-state index contributed by atoms with van der Waals surface area (Å²) in [6, 6.07) is 8.71. The lowest BCUT2D eigenvalue weighted by molar-refractivity contribution is -0.0711. The maximum Gasteiger partial charge on any atom is 0.196 e. The highest BCUT2D eigenvalue weighted by atomic mass is 16.7. The Morgan fingerprint density at radius 3 is 2.07 bits per heavy atom. The van der Waals surface area contributed by atoms with Crippen molar-refractivity contribution in [1.29, 1.82) is 0 Å². The van der Waals surface area contributed by atoms with Crippen LogP contribution in [-0.4, -0.2) is 12.9 Å². The highest BCUT2D eigenvalue weighted by Gasteiger charge is 2.34. The first-order valence-corrected chi connectivity index (χ1v) is 11.5. The summed E-state index contributed by atoms with van der Waals surface area (Å²) in [6.07, 6.45) is 9.11. The second-order valence-corrected chi connectivity index (χ2v) is 10.7. The first kappa shape index (κ1) is 23.3. The minimum Gasteiger partial charge on any atom is -0.465 e. The number of ether oxygens (including phenoxy) is 2. The Bertz CT molecular complexity index is 563. The average molecular weight is 389 g/mol. The molecule has 1 fully saturated rings. The van der Waals surface area contributed by atoms with Crippen molar-refractivity contribution in [3.63, 3.8) is 0 Å². The van der Waals surface area contributed by atoms with E-state index in [1.807, 2.05) is 6.92 Å². The second kappa shape index (κ2) is 10.1. The van der Waals surface area contributed by atoms with Gasteiger partial charge < -0.3 is 9.47 Å². The van der Waals surface area contributed by atoms with Crippen LogP contribution in [0.3, 0.4) is 0 Å². The molecule has 2 rings (SSSR count). The van der Waals surface area contributed by atoms with Crippen LogP contribution in [0.4, 0.5) is 0 Å². The van der Waals surface area contributed by atoms with E-state index in [-0.39, 0.29) is 11.7 Å². The van der Waals surface area contributed by atoms with E-state index >= 15 is 0 Å². The molecule has 1 aliphatic rings. The van der Waals surface area contributed by atoms with E-state index < -0.39 is 0 Å². The predicted octanol–water partition coefficient (Wildman–Crippen LogP) is 7.75. The van der Waals surface area contributed by atoms with E-state index in [1.165, 1.54) is 50.5 Å². The second-order valence-electron chi connectivity index (χ2n) is 10.7.